The first-order chi connectivity index (χ1) is 12.2. The summed E-state index contributed by atoms with van der Waals surface area (Å²) >= 11 is 7.43. The second kappa shape index (κ2) is 8.69. The monoisotopic (exact) mass is 380 g/mol. The van der Waals surface area contributed by atoms with E-state index >= 15 is 0 Å². The van der Waals surface area contributed by atoms with Crippen LogP contribution in [0.4, 0.5) is 0 Å². The Morgan fingerprint density at radius 3 is 3.12 bits per heavy atom. The van der Waals surface area contributed by atoms with Gasteiger partial charge in [-0.1, -0.05) is 29.4 Å². The fourth-order valence-electron chi connectivity index (χ4n) is 2.78. The van der Waals surface area contributed by atoms with Crippen molar-refractivity contribution in [2.45, 2.75) is 31.0 Å². The number of halogens is 1. The SMILES string of the molecule is CCN(CC1CCCO1)C(=O)CSc1nncn1-c1cccc(Cl)c1. The summed E-state index contributed by atoms with van der Waals surface area (Å²) in [5.41, 5.74) is 0.874. The lowest BCUT2D eigenvalue weighted by Gasteiger charge is -2.23. The molecule has 0 radical (unpaired) electrons. The van der Waals surface area contributed by atoms with Crippen LogP contribution < -0.4 is 0 Å². The third-order valence-electron chi connectivity index (χ3n) is 4.11. The van der Waals surface area contributed by atoms with Gasteiger partial charge in [0.15, 0.2) is 5.16 Å². The van der Waals surface area contributed by atoms with Crippen LogP contribution in [0, 0.1) is 0 Å². The van der Waals surface area contributed by atoms with Gasteiger partial charge >= 0.3 is 0 Å². The molecule has 1 aromatic heterocycles. The van der Waals surface area contributed by atoms with Crippen molar-refractivity contribution in [3.63, 3.8) is 0 Å². The van der Waals surface area contributed by atoms with Crippen LogP contribution in [0.3, 0.4) is 0 Å². The minimum atomic E-state index is 0.0867. The minimum Gasteiger partial charge on any atom is -0.376 e. The predicted molar refractivity (Wildman–Crippen MR) is 98.3 cm³/mol. The highest BCUT2D eigenvalue weighted by Gasteiger charge is 2.22. The molecule has 8 heteroatoms. The smallest absolute Gasteiger partial charge is 0.233 e. The lowest BCUT2D eigenvalue weighted by atomic mass is 10.2. The summed E-state index contributed by atoms with van der Waals surface area (Å²) in [4.78, 5) is 14.4. The third-order valence-corrected chi connectivity index (χ3v) is 5.27. The van der Waals surface area contributed by atoms with Gasteiger partial charge in [-0.2, -0.15) is 0 Å². The number of aromatic nitrogens is 3. The van der Waals surface area contributed by atoms with E-state index in [0.29, 0.717) is 29.0 Å². The average molecular weight is 381 g/mol. The molecular formula is C17H21ClN4O2S. The van der Waals surface area contributed by atoms with Crippen LogP contribution in [-0.2, 0) is 9.53 Å². The third kappa shape index (κ3) is 4.74. The number of rotatable bonds is 7. The molecule has 0 saturated carbocycles. The van der Waals surface area contributed by atoms with Crippen LogP contribution in [-0.4, -0.2) is 57.1 Å². The minimum absolute atomic E-state index is 0.0867. The molecule has 1 aromatic carbocycles. The van der Waals surface area contributed by atoms with Crippen LogP contribution in [0.1, 0.15) is 19.8 Å². The number of hydrogen-bond donors (Lipinski definition) is 0. The molecule has 1 aliphatic heterocycles. The van der Waals surface area contributed by atoms with Crippen LogP contribution >= 0.6 is 23.4 Å². The number of nitrogens with zero attached hydrogens (tertiary/aromatic N) is 4. The molecule has 2 aromatic rings. The molecule has 134 valence electrons. The Hall–Kier alpha value is -1.57. The van der Waals surface area contributed by atoms with E-state index in [-0.39, 0.29) is 12.0 Å². The summed E-state index contributed by atoms with van der Waals surface area (Å²) in [6.07, 6.45) is 3.90. The van der Waals surface area contributed by atoms with E-state index in [4.69, 9.17) is 16.3 Å². The van der Waals surface area contributed by atoms with Crippen LogP contribution in [0.5, 0.6) is 0 Å². The average Bonchev–Trinajstić information content (AvgIpc) is 3.29. The van der Waals surface area contributed by atoms with Crippen molar-refractivity contribution in [3.8, 4) is 5.69 Å². The van der Waals surface area contributed by atoms with E-state index in [2.05, 4.69) is 10.2 Å². The van der Waals surface area contributed by atoms with Crippen LogP contribution in [0.25, 0.3) is 5.69 Å². The topological polar surface area (TPSA) is 60.2 Å². The number of benzene rings is 1. The van der Waals surface area contributed by atoms with Gasteiger partial charge in [0.2, 0.25) is 5.91 Å². The fourth-order valence-corrected chi connectivity index (χ4v) is 3.80. The maximum Gasteiger partial charge on any atom is 0.233 e. The van der Waals surface area contributed by atoms with Crippen molar-refractivity contribution in [1.29, 1.82) is 0 Å². The number of ether oxygens (including phenoxy) is 1. The van der Waals surface area contributed by atoms with Crippen LogP contribution in [0.15, 0.2) is 35.7 Å². The largest absolute Gasteiger partial charge is 0.376 e. The molecule has 1 atom stereocenters. The standard InChI is InChI=1S/C17H21ClN4O2S/c1-2-21(10-15-7-4-8-24-15)16(23)11-25-17-20-19-12-22(17)14-6-3-5-13(18)9-14/h3,5-6,9,12,15H,2,4,7-8,10-11H2,1H3. The van der Waals surface area contributed by atoms with E-state index in [0.717, 1.165) is 25.1 Å². The summed E-state index contributed by atoms with van der Waals surface area (Å²) in [5, 5.41) is 9.39. The molecule has 2 heterocycles. The van der Waals surface area contributed by atoms with Gasteiger partial charge in [-0.15, -0.1) is 10.2 Å². The Morgan fingerprint density at radius 2 is 2.40 bits per heavy atom. The number of amides is 1. The lowest BCUT2D eigenvalue weighted by molar-refractivity contribution is -0.129. The van der Waals surface area contributed by atoms with Crippen molar-refractivity contribution < 1.29 is 9.53 Å². The second-order valence-electron chi connectivity index (χ2n) is 5.82. The number of carbonyl (C=O) groups is 1. The zero-order valence-corrected chi connectivity index (χ0v) is 15.7. The zero-order valence-electron chi connectivity index (χ0n) is 14.1. The van der Waals surface area contributed by atoms with Crippen molar-refractivity contribution >= 4 is 29.3 Å². The highest BCUT2D eigenvalue weighted by molar-refractivity contribution is 7.99. The number of carbonyl (C=O) groups excluding carboxylic acids is 1. The van der Waals surface area contributed by atoms with E-state index in [1.165, 1.54) is 11.8 Å². The molecule has 1 saturated heterocycles. The van der Waals surface area contributed by atoms with E-state index in [1.54, 1.807) is 6.33 Å². The second-order valence-corrected chi connectivity index (χ2v) is 7.20. The Balaban J connectivity index is 1.61. The first kappa shape index (κ1) is 18.2. The molecule has 1 aliphatic rings. The van der Waals surface area contributed by atoms with Crippen molar-refractivity contribution in [1.82, 2.24) is 19.7 Å². The molecule has 3 rings (SSSR count). The molecule has 1 amide bonds. The summed E-state index contributed by atoms with van der Waals surface area (Å²) in [6, 6.07) is 7.46. The molecule has 6 nitrogen and oxygen atoms in total. The van der Waals surface area contributed by atoms with E-state index in [9.17, 15) is 4.79 Å². The van der Waals surface area contributed by atoms with Gasteiger partial charge in [0.1, 0.15) is 6.33 Å². The molecular weight excluding hydrogens is 360 g/mol. The van der Waals surface area contributed by atoms with Gasteiger partial charge in [-0.05, 0) is 38.0 Å². The summed E-state index contributed by atoms with van der Waals surface area (Å²) in [6.45, 7) is 4.14. The number of likely N-dealkylation sites (N-methyl/N-ethyl adjacent to an activating group) is 1. The first-order valence-corrected chi connectivity index (χ1v) is 9.72. The zero-order chi connectivity index (χ0) is 17.6. The van der Waals surface area contributed by atoms with Gasteiger partial charge in [0, 0.05) is 24.7 Å². The summed E-state index contributed by atoms with van der Waals surface area (Å²) in [7, 11) is 0. The van der Waals surface area contributed by atoms with Crippen LogP contribution in [0.2, 0.25) is 5.02 Å². The molecule has 0 N–H and O–H groups in total. The van der Waals surface area contributed by atoms with Crippen molar-refractivity contribution in [2.75, 3.05) is 25.4 Å². The summed E-state index contributed by atoms with van der Waals surface area (Å²) in [5.74, 6) is 0.406. The van der Waals surface area contributed by atoms with Gasteiger partial charge in [0.05, 0.1) is 17.5 Å². The van der Waals surface area contributed by atoms with Gasteiger partial charge in [0.25, 0.3) is 0 Å². The molecule has 0 spiro atoms. The Morgan fingerprint density at radius 1 is 1.52 bits per heavy atom. The van der Waals surface area contributed by atoms with E-state index in [1.807, 2.05) is 40.7 Å². The lowest BCUT2D eigenvalue weighted by Crippen LogP contribution is -2.38. The van der Waals surface area contributed by atoms with E-state index < -0.39 is 0 Å². The summed E-state index contributed by atoms with van der Waals surface area (Å²) < 4.78 is 7.47. The maximum absolute atomic E-state index is 12.5. The molecule has 25 heavy (non-hydrogen) atoms. The van der Waals surface area contributed by atoms with Gasteiger partial charge < -0.3 is 9.64 Å². The van der Waals surface area contributed by atoms with Gasteiger partial charge in [-0.3, -0.25) is 9.36 Å². The quantitative estimate of drug-likeness (QED) is 0.691. The fraction of sp³-hybridized carbons (Fsp3) is 0.471. The molecule has 0 aliphatic carbocycles. The van der Waals surface area contributed by atoms with Crippen molar-refractivity contribution in [3.05, 3.63) is 35.6 Å². The highest BCUT2D eigenvalue weighted by atomic mass is 35.5. The number of hydrogen-bond acceptors (Lipinski definition) is 5. The molecule has 0 bridgehead atoms. The number of thioether (sulfide) groups is 1. The van der Waals surface area contributed by atoms with Crippen molar-refractivity contribution in [2.24, 2.45) is 0 Å². The Labute approximate surface area is 156 Å². The molecule has 1 unspecified atom stereocenters. The highest BCUT2D eigenvalue weighted by Crippen LogP contribution is 2.22. The normalized spacial score (nSPS) is 17.0. The maximum atomic E-state index is 12.5. The predicted octanol–water partition coefficient (Wildman–Crippen LogP) is 3.04. The van der Waals surface area contributed by atoms with Gasteiger partial charge in [-0.25, -0.2) is 0 Å². The molecule has 1 fully saturated rings. The Kier molecular flexibility index (Phi) is 6.34. The Bertz CT molecular complexity index is 718. The first-order valence-electron chi connectivity index (χ1n) is 8.35.